The van der Waals surface area contributed by atoms with Gasteiger partial charge in [-0.05, 0) is 36.0 Å². The molecule has 1 fully saturated rings. The zero-order chi connectivity index (χ0) is 16.2. The van der Waals surface area contributed by atoms with E-state index in [2.05, 4.69) is 5.32 Å². The van der Waals surface area contributed by atoms with Crippen molar-refractivity contribution < 1.29 is 14.0 Å². The van der Waals surface area contributed by atoms with Crippen molar-refractivity contribution in [3.05, 3.63) is 70.9 Å². The van der Waals surface area contributed by atoms with Gasteiger partial charge in [0.1, 0.15) is 5.82 Å². The van der Waals surface area contributed by atoms with Gasteiger partial charge in [-0.3, -0.25) is 14.5 Å². The monoisotopic (exact) mass is 328 g/mol. The third-order valence-corrected chi connectivity index (χ3v) is 4.19. The van der Waals surface area contributed by atoms with Gasteiger partial charge in [-0.1, -0.05) is 36.4 Å². The van der Waals surface area contributed by atoms with Crippen molar-refractivity contribution in [1.82, 2.24) is 4.90 Å². The Morgan fingerprint density at radius 2 is 1.74 bits per heavy atom. The number of hydrogen-bond acceptors (Lipinski definition) is 4. The van der Waals surface area contributed by atoms with Crippen LogP contribution in [0.4, 0.5) is 14.9 Å². The average Bonchev–Trinajstić information content (AvgIpc) is 2.82. The summed E-state index contributed by atoms with van der Waals surface area (Å²) in [7, 11) is 0. The summed E-state index contributed by atoms with van der Waals surface area (Å²) in [6, 6.07) is 15.4. The van der Waals surface area contributed by atoms with E-state index in [0.29, 0.717) is 0 Å². The van der Waals surface area contributed by atoms with E-state index in [-0.39, 0.29) is 22.4 Å². The van der Waals surface area contributed by atoms with Gasteiger partial charge in [0, 0.05) is 11.3 Å². The van der Waals surface area contributed by atoms with Crippen LogP contribution in [0.15, 0.2) is 59.5 Å². The maximum atomic E-state index is 13.7. The van der Waals surface area contributed by atoms with E-state index in [9.17, 15) is 14.0 Å². The second kappa shape index (κ2) is 6.66. The molecule has 23 heavy (non-hydrogen) atoms. The molecule has 1 N–H and O–H groups in total. The van der Waals surface area contributed by atoms with Crippen LogP contribution in [0.1, 0.15) is 5.56 Å². The van der Waals surface area contributed by atoms with Gasteiger partial charge in [0.15, 0.2) is 0 Å². The molecule has 1 aliphatic rings. The van der Waals surface area contributed by atoms with Crippen molar-refractivity contribution in [2.24, 2.45) is 0 Å². The number of anilines is 1. The number of carbonyl (C=O) groups is 2. The number of rotatable bonds is 4. The molecule has 4 nitrogen and oxygen atoms in total. The van der Waals surface area contributed by atoms with Gasteiger partial charge in [-0.25, -0.2) is 4.39 Å². The number of nitrogens with zero attached hydrogens (tertiary/aromatic N) is 1. The summed E-state index contributed by atoms with van der Waals surface area (Å²) in [5.41, 5.74) is 1.10. The fourth-order valence-electron chi connectivity index (χ4n) is 2.10. The molecule has 1 saturated heterocycles. The standard InChI is InChI=1S/C17H13FN2O2S/c18-14-9-5-4-6-12(14)10-15-16(21)20(17(22)23-15)11-19-13-7-2-1-3-8-13/h1-10,19H,11H2/b15-10-. The van der Waals surface area contributed by atoms with E-state index >= 15 is 0 Å². The highest BCUT2D eigenvalue weighted by Gasteiger charge is 2.34. The van der Waals surface area contributed by atoms with E-state index in [0.717, 1.165) is 22.3 Å². The van der Waals surface area contributed by atoms with Crippen LogP contribution in [0.3, 0.4) is 0 Å². The molecule has 1 heterocycles. The number of amides is 2. The molecule has 0 unspecified atom stereocenters. The lowest BCUT2D eigenvalue weighted by Crippen LogP contribution is -2.33. The van der Waals surface area contributed by atoms with E-state index in [1.165, 1.54) is 12.1 Å². The van der Waals surface area contributed by atoms with E-state index in [1.54, 1.807) is 18.2 Å². The number of benzene rings is 2. The minimum absolute atomic E-state index is 0.0727. The smallest absolute Gasteiger partial charge is 0.295 e. The fourth-order valence-corrected chi connectivity index (χ4v) is 2.93. The summed E-state index contributed by atoms with van der Waals surface area (Å²) in [5, 5.41) is 2.64. The van der Waals surface area contributed by atoms with Crippen LogP contribution in [-0.4, -0.2) is 22.7 Å². The molecule has 0 radical (unpaired) electrons. The van der Waals surface area contributed by atoms with Crippen molar-refractivity contribution in [1.29, 1.82) is 0 Å². The molecule has 0 atom stereocenters. The number of para-hydroxylation sites is 1. The SMILES string of the molecule is O=C1S/C(=C\c2ccccc2F)C(=O)N1CNc1ccccc1. The number of thioether (sulfide) groups is 1. The molecule has 2 amide bonds. The number of hydrogen-bond donors (Lipinski definition) is 1. The van der Waals surface area contributed by atoms with Gasteiger partial charge in [0.05, 0.1) is 11.6 Å². The van der Waals surface area contributed by atoms with Crippen LogP contribution in [-0.2, 0) is 4.79 Å². The van der Waals surface area contributed by atoms with Crippen LogP contribution in [0.2, 0.25) is 0 Å². The van der Waals surface area contributed by atoms with Crippen LogP contribution in [0, 0.1) is 5.82 Å². The van der Waals surface area contributed by atoms with Gasteiger partial charge in [0.2, 0.25) is 0 Å². The molecule has 0 spiro atoms. The summed E-state index contributed by atoms with van der Waals surface area (Å²) in [5.74, 6) is -0.853. The fraction of sp³-hybridized carbons (Fsp3) is 0.0588. The van der Waals surface area contributed by atoms with Crippen LogP contribution >= 0.6 is 11.8 Å². The Hall–Kier alpha value is -2.60. The molecule has 0 aromatic heterocycles. The van der Waals surface area contributed by atoms with Gasteiger partial charge < -0.3 is 5.32 Å². The predicted molar refractivity (Wildman–Crippen MR) is 89.1 cm³/mol. The minimum Gasteiger partial charge on any atom is -0.367 e. The zero-order valence-electron chi connectivity index (χ0n) is 12.0. The topological polar surface area (TPSA) is 49.4 Å². The van der Waals surface area contributed by atoms with Gasteiger partial charge >= 0.3 is 0 Å². The van der Waals surface area contributed by atoms with Crippen LogP contribution in [0.25, 0.3) is 6.08 Å². The molecule has 0 aliphatic carbocycles. The lowest BCUT2D eigenvalue weighted by molar-refractivity contribution is -0.122. The highest BCUT2D eigenvalue weighted by Crippen LogP contribution is 2.32. The van der Waals surface area contributed by atoms with Crippen LogP contribution in [0.5, 0.6) is 0 Å². The Kier molecular flexibility index (Phi) is 4.43. The normalized spacial score (nSPS) is 16.2. The summed E-state index contributed by atoms with van der Waals surface area (Å²) < 4.78 is 13.7. The van der Waals surface area contributed by atoms with Crippen molar-refractivity contribution in [3.63, 3.8) is 0 Å². The minimum atomic E-state index is -0.429. The first kappa shape index (κ1) is 15.3. The number of carbonyl (C=O) groups excluding carboxylic acids is 2. The second-order valence-corrected chi connectivity index (χ2v) is 5.83. The Morgan fingerprint density at radius 1 is 1.04 bits per heavy atom. The molecule has 0 saturated carbocycles. The maximum Gasteiger partial charge on any atom is 0.295 e. The molecule has 2 aromatic rings. The van der Waals surface area contributed by atoms with E-state index < -0.39 is 11.7 Å². The Bertz CT molecular complexity index is 777. The van der Waals surface area contributed by atoms with Crippen LogP contribution < -0.4 is 5.32 Å². The van der Waals surface area contributed by atoms with Gasteiger partial charge in [-0.15, -0.1) is 0 Å². The lowest BCUT2D eigenvalue weighted by atomic mass is 10.2. The summed E-state index contributed by atoms with van der Waals surface area (Å²) >= 11 is 0.812. The van der Waals surface area contributed by atoms with E-state index in [4.69, 9.17) is 0 Å². The van der Waals surface area contributed by atoms with Crippen molar-refractivity contribution in [2.45, 2.75) is 0 Å². The first-order valence-corrected chi connectivity index (χ1v) is 7.75. The summed E-state index contributed by atoms with van der Waals surface area (Å²) in [6.07, 6.45) is 1.41. The average molecular weight is 328 g/mol. The quantitative estimate of drug-likeness (QED) is 0.864. The molecule has 2 aromatic carbocycles. The molecule has 3 rings (SSSR count). The zero-order valence-corrected chi connectivity index (χ0v) is 12.8. The molecular formula is C17H13FN2O2S. The largest absolute Gasteiger partial charge is 0.367 e. The molecule has 1 aliphatic heterocycles. The Balaban J connectivity index is 1.74. The van der Waals surface area contributed by atoms with Gasteiger partial charge in [0.25, 0.3) is 11.1 Å². The molecule has 116 valence electrons. The Labute approximate surface area is 137 Å². The van der Waals surface area contributed by atoms with Crippen molar-refractivity contribution in [3.8, 4) is 0 Å². The predicted octanol–water partition coefficient (Wildman–Crippen LogP) is 3.93. The second-order valence-electron chi connectivity index (χ2n) is 4.83. The van der Waals surface area contributed by atoms with Crippen molar-refractivity contribution in [2.75, 3.05) is 12.0 Å². The lowest BCUT2D eigenvalue weighted by Gasteiger charge is -2.14. The third-order valence-electron chi connectivity index (χ3n) is 3.28. The maximum absolute atomic E-state index is 13.7. The molecule has 6 heteroatoms. The molecule has 0 bridgehead atoms. The first-order chi connectivity index (χ1) is 11.1. The first-order valence-electron chi connectivity index (χ1n) is 6.94. The highest BCUT2D eigenvalue weighted by molar-refractivity contribution is 8.18. The number of halogens is 1. The van der Waals surface area contributed by atoms with E-state index in [1.807, 2.05) is 30.3 Å². The van der Waals surface area contributed by atoms with Gasteiger partial charge in [-0.2, -0.15) is 0 Å². The number of imide groups is 1. The Morgan fingerprint density at radius 3 is 2.48 bits per heavy atom. The summed E-state index contributed by atoms with van der Waals surface area (Å²) in [6.45, 7) is 0.0727. The summed E-state index contributed by atoms with van der Waals surface area (Å²) in [4.78, 5) is 25.6. The molecular weight excluding hydrogens is 315 g/mol. The van der Waals surface area contributed by atoms with Crippen molar-refractivity contribution >= 4 is 34.7 Å². The highest BCUT2D eigenvalue weighted by atomic mass is 32.2. The number of nitrogens with one attached hydrogen (secondary N) is 1. The third kappa shape index (κ3) is 3.43.